The second-order valence-corrected chi connectivity index (χ2v) is 11.2. The van der Waals surface area contributed by atoms with Crippen molar-refractivity contribution >= 4 is 38.4 Å². The second kappa shape index (κ2) is 12.9. The van der Waals surface area contributed by atoms with Crippen LogP contribution in [0.15, 0.2) is 83.3 Å². The molecule has 5 nitrogen and oxygen atoms in total. The molecule has 1 N–H and O–H groups in total. The van der Waals surface area contributed by atoms with Gasteiger partial charge in [-0.25, -0.2) is 4.98 Å². The number of hydrogen-bond donors (Lipinski definition) is 1. The third kappa shape index (κ3) is 7.06. The highest BCUT2D eigenvalue weighted by molar-refractivity contribution is 9.10. The Labute approximate surface area is 238 Å². The molecule has 0 aliphatic heterocycles. The van der Waals surface area contributed by atoms with Gasteiger partial charge in [-0.15, -0.1) is 0 Å². The minimum atomic E-state index is -1.26. The fraction of sp³-hybridized carbons (Fsp3) is 0.323. The van der Waals surface area contributed by atoms with Crippen LogP contribution >= 0.6 is 27.5 Å². The minimum Gasteiger partial charge on any atom is -0.491 e. The van der Waals surface area contributed by atoms with Crippen LogP contribution in [0.2, 0.25) is 5.02 Å². The summed E-state index contributed by atoms with van der Waals surface area (Å²) >= 11 is 9.85. The summed E-state index contributed by atoms with van der Waals surface area (Å²) in [5.41, 5.74) is 1.27. The number of halogens is 2. The molecule has 4 aromatic rings. The molecule has 0 aliphatic rings. The predicted octanol–water partition coefficient (Wildman–Crippen LogP) is 7.33. The van der Waals surface area contributed by atoms with Crippen LogP contribution in [-0.2, 0) is 0 Å². The van der Waals surface area contributed by atoms with Crippen LogP contribution in [0.1, 0.15) is 36.3 Å². The molecule has 0 saturated heterocycles. The molecule has 0 amide bonds. The molecule has 0 radical (unpaired) electrons. The first-order valence-electron chi connectivity index (χ1n) is 12.7. The molecule has 0 fully saturated rings. The molecular weight excluding hydrogens is 564 g/mol. The topological polar surface area (TPSA) is 54.8 Å². The number of aromatic nitrogens is 1. The number of unbranched alkanes of at least 4 members (excludes halogenated alkanes) is 1. The van der Waals surface area contributed by atoms with Gasteiger partial charge < -0.3 is 19.5 Å². The summed E-state index contributed by atoms with van der Waals surface area (Å²) in [4.78, 5) is 6.98. The fourth-order valence-corrected chi connectivity index (χ4v) is 5.34. The summed E-state index contributed by atoms with van der Waals surface area (Å²) in [6.07, 6.45) is 2.31. The summed E-state index contributed by atoms with van der Waals surface area (Å²) in [6, 6.07) is 25.2. The Morgan fingerprint density at radius 2 is 1.74 bits per heavy atom. The van der Waals surface area contributed by atoms with Gasteiger partial charge in [0.25, 0.3) is 0 Å². The summed E-state index contributed by atoms with van der Waals surface area (Å²) in [7, 11) is 5.74. The summed E-state index contributed by atoms with van der Waals surface area (Å²) in [5, 5.41) is 14.1. The zero-order chi connectivity index (χ0) is 27.1. The van der Waals surface area contributed by atoms with Crippen molar-refractivity contribution in [2.24, 2.45) is 0 Å². The van der Waals surface area contributed by atoms with Crippen molar-refractivity contribution in [3.05, 3.63) is 99.5 Å². The molecule has 0 aliphatic carbocycles. The number of benzene rings is 3. The number of methoxy groups -OCH3 is 1. The monoisotopic (exact) mass is 596 g/mol. The van der Waals surface area contributed by atoms with Gasteiger partial charge in [-0.3, -0.25) is 0 Å². The molecule has 200 valence electrons. The maximum atomic E-state index is 12.6. The molecule has 38 heavy (non-hydrogen) atoms. The van der Waals surface area contributed by atoms with Gasteiger partial charge in [0, 0.05) is 26.4 Å². The average molecular weight is 598 g/mol. The van der Waals surface area contributed by atoms with Crippen molar-refractivity contribution in [2.75, 3.05) is 34.4 Å². The molecule has 0 spiro atoms. The standard InChI is InChI=1S/C31H34BrClN2O3/c1-35(2)18-8-7-17-31(36,21-38-26-9-5-4-6-10-26)29(22-11-14-25(33)15-12-22)27-20-23-19-24(32)13-16-28(23)34-30(27)37-3/h4-6,9-16,19-20,29,36H,7-8,17-18,21H2,1-3H3. The lowest BCUT2D eigenvalue weighted by atomic mass is 9.75. The van der Waals surface area contributed by atoms with Gasteiger partial charge in [-0.1, -0.05) is 57.9 Å². The molecule has 2 atom stereocenters. The first kappa shape index (κ1) is 28.4. The lowest BCUT2D eigenvalue weighted by molar-refractivity contribution is -0.0283. The van der Waals surface area contributed by atoms with Crippen molar-refractivity contribution in [3.63, 3.8) is 0 Å². The van der Waals surface area contributed by atoms with Crippen molar-refractivity contribution in [3.8, 4) is 11.6 Å². The first-order chi connectivity index (χ1) is 18.3. The summed E-state index contributed by atoms with van der Waals surface area (Å²) < 4.78 is 13.0. The highest BCUT2D eigenvalue weighted by Crippen LogP contribution is 2.43. The maximum Gasteiger partial charge on any atom is 0.217 e. The van der Waals surface area contributed by atoms with E-state index >= 15 is 0 Å². The highest BCUT2D eigenvalue weighted by atomic mass is 79.9. The van der Waals surface area contributed by atoms with E-state index in [4.69, 9.17) is 26.1 Å². The Morgan fingerprint density at radius 1 is 1.00 bits per heavy atom. The van der Waals surface area contributed by atoms with Crippen LogP contribution in [0, 0.1) is 0 Å². The Hall–Kier alpha value is -2.64. The lowest BCUT2D eigenvalue weighted by Crippen LogP contribution is -2.43. The number of fused-ring (bicyclic) bond motifs is 1. The first-order valence-corrected chi connectivity index (χ1v) is 13.9. The van der Waals surface area contributed by atoms with Gasteiger partial charge >= 0.3 is 0 Å². The van der Waals surface area contributed by atoms with Gasteiger partial charge in [0.2, 0.25) is 5.88 Å². The van der Waals surface area contributed by atoms with Gasteiger partial charge in [0.1, 0.15) is 18.0 Å². The zero-order valence-corrected chi connectivity index (χ0v) is 24.4. The Bertz CT molecular complexity index is 1330. The van der Waals surface area contributed by atoms with E-state index in [1.165, 1.54) is 0 Å². The van der Waals surface area contributed by atoms with E-state index in [2.05, 4.69) is 41.0 Å². The number of nitrogens with zero attached hydrogens (tertiary/aromatic N) is 2. The third-order valence-electron chi connectivity index (χ3n) is 6.71. The number of rotatable bonds is 12. The zero-order valence-electron chi connectivity index (χ0n) is 22.0. The van der Waals surface area contributed by atoms with Crippen LogP contribution in [0.3, 0.4) is 0 Å². The van der Waals surface area contributed by atoms with Crippen LogP contribution in [0.5, 0.6) is 11.6 Å². The maximum absolute atomic E-state index is 12.6. The quantitative estimate of drug-likeness (QED) is 0.173. The van der Waals surface area contributed by atoms with Gasteiger partial charge in [-0.2, -0.15) is 0 Å². The Kier molecular flexibility index (Phi) is 9.66. The smallest absolute Gasteiger partial charge is 0.217 e. The summed E-state index contributed by atoms with van der Waals surface area (Å²) in [6.45, 7) is 1.04. The molecule has 1 heterocycles. The second-order valence-electron chi connectivity index (χ2n) is 9.87. The van der Waals surface area contributed by atoms with E-state index in [1.54, 1.807) is 7.11 Å². The van der Waals surface area contributed by atoms with E-state index in [0.717, 1.165) is 45.9 Å². The number of para-hydroxylation sites is 1. The van der Waals surface area contributed by atoms with E-state index in [0.29, 0.717) is 23.1 Å². The van der Waals surface area contributed by atoms with E-state index in [-0.39, 0.29) is 6.61 Å². The Morgan fingerprint density at radius 3 is 2.42 bits per heavy atom. The average Bonchev–Trinajstić information content (AvgIpc) is 2.91. The predicted molar refractivity (Wildman–Crippen MR) is 159 cm³/mol. The summed E-state index contributed by atoms with van der Waals surface area (Å²) in [5.74, 6) is 0.710. The van der Waals surface area contributed by atoms with Crippen molar-refractivity contribution in [1.29, 1.82) is 0 Å². The SMILES string of the molecule is COc1nc2ccc(Br)cc2cc1C(c1ccc(Cl)cc1)C(O)(CCCCN(C)C)COc1ccccc1. The molecule has 2 unspecified atom stereocenters. The third-order valence-corrected chi connectivity index (χ3v) is 7.46. The van der Waals surface area contributed by atoms with Crippen molar-refractivity contribution in [1.82, 2.24) is 9.88 Å². The van der Waals surface area contributed by atoms with E-state index in [1.807, 2.05) is 72.8 Å². The minimum absolute atomic E-state index is 0.103. The molecule has 0 bridgehead atoms. The molecule has 0 saturated carbocycles. The molecule has 3 aromatic carbocycles. The van der Waals surface area contributed by atoms with Crippen molar-refractivity contribution in [2.45, 2.75) is 30.8 Å². The number of pyridine rings is 1. The Balaban J connectivity index is 1.84. The number of ether oxygens (including phenoxy) is 2. The van der Waals surface area contributed by atoms with Gasteiger partial charge in [0.15, 0.2) is 0 Å². The lowest BCUT2D eigenvalue weighted by Gasteiger charge is -2.37. The van der Waals surface area contributed by atoms with Crippen LogP contribution < -0.4 is 9.47 Å². The number of aliphatic hydroxyl groups is 1. The van der Waals surface area contributed by atoms with Gasteiger partial charge in [-0.05, 0) is 94.0 Å². The molecular formula is C31H34BrClN2O3. The van der Waals surface area contributed by atoms with Crippen LogP contribution in [-0.4, -0.2) is 54.9 Å². The molecule has 4 rings (SSSR count). The normalized spacial score (nSPS) is 13.9. The fourth-order valence-electron chi connectivity index (χ4n) is 4.83. The van der Waals surface area contributed by atoms with E-state index in [9.17, 15) is 5.11 Å². The largest absolute Gasteiger partial charge is 0.491 e. The van der Waals surface area contributed by atoms with Crippen molar-refractivity contribution < 1.29 is 14.6 Å². The van der Waals surface area contributed by atoms with Crippen LogP contribution in [0.25, 0.3) is 10.9 Å². The van der Waals surface area contributed by atoms with Crippen LogP contribution in [0.4, 0.5) is 0 Å². The molecule has 7 heteroatoms. The highest BCUT2D eigenvalue weighted by Gasteiger charge is 2.41. The molecule has 1 aromatic heterocycles. The van der Waals surface area contributed by atoms with E-state index < -0.39 is 11.5 Å². The van der Waals surface area contributed by atoms with Gasteiger partial charge in [0.05, 0.1) is 12.6 Å². The number of hydrogen-bond acceptors (Lipinski definition) is 5.